The van der Waals surface area contributed by atoms with Crippen molar-refractivity contribution in [1.82, 2.24) is 9.38 Å². The lowest BCUT2D eigenvalue weighted by Crippen LogP contribution is -2.14. The fourth-order valence-corrected chi connectivity index (χ4v) is 3.36. The van der Waals surface area contributed by atoms with E-state index in [-0.39, 0.29) is 11.3 Å². The molecule has 4 aromatic rings. The summed E-state index contributed by atoms with van der Waals surface area (Å²) in [5.41, 5.74) is 1.44. The molecule has 128 valence electrons. The van der Waals surface area contributed by atoms with Crippen LogP contribution in [0, 0.1) is 10.1 Å². The van der Waals surface area contributed by atoms with Crippen LogP contribution in [0.15, 0.2) is 66.2 Å². The minimum Gasteiger partial charge on any atom is -0.306 e. The van der Waals surface area contributed by atoms with E-state index < -0.39 is 10.8 Å². The maximum atomic E-state index is 12.7. The number of nitro groups is 1. The summed E-state index contributed by atoms with van der Waals surface area (Å²) in [4.78, 5) is 28.6. The van der Waals surface area contributed by atoms with Gasteiger partial charge in [-0.05, 0) is 29.6 Å². The highest BCUT2D eigenvalue weighted by Gasteiger charge is 2.19. The van der Waals surface area contributed by atoms with E-state index in [0.29, 0.717) is 17.2 Å². The first-order valence-corrected chi connectivity index (χ1v) is 8.58. The molecule has 0 saturated carbocycles. The molecule has 4 rings (SSSR count). The molecule has 0 radical (unpaired) electrons. The number of fused-ring (bicyclic) bond motifs is 1. The molecule has 1 N–H and O–H groups in total. The van der Waals surface area contributed by atoms with Gasteiger partial charge in [0, 0.05) is 23.9 Å². The Hall–Kier alpha value is -3.52. The molecule has 1 amide bonds. The van der Waals surface area contributed by atoms with E-state index >= 15 is 0 Å². The lowest BCUT2D eigenvalue weighted by molar-refractivity contribution is -0.384. The van der Waals surface area contributed by atoms with Gasteiger partial charge in [0.15, 0.2) is 0 Å². The predicted molar refractivity (Wildman–Crippen MR) is 99.6 cm³/mol. The third-order valence-electron chi connectivity index (χ3n) is 3.84. The standard InChI is InChI=1S/C18H12N4O3S/c23-18(12-5-3-6-13(11-12)22(24)25)20-17-16(14-7-4-10-26-14)19-15-8-1-2-9-21(15)17/h1-11H,(H,20,23). The summed E-state index contributed by atoms with van der Waals surface area (Å²) in [5.74, 6) is 0.0942. The molecular weight excluding hydrogens is 352 g/mol. The molecule has 0 fully saturated rings. The average molecular weight is 364 g/mol. The minimum absolute atomic E-state index is 0.130. The number of carbonyl (C=O) groups is 1. The number of nitro benzene ring substituents is 1. The van der Waals surface area contributed by atoms with Crippen molar-refractivity contribution in [3.63, 3.8) is 0 Å². The number of benzene rings is 1. The second kappa shape index (κ2) is 6.41. The first-order valence-electron chi connectivity index (χ1n) is 7.70. The van der Waals surface area contributed by atoms with Crippen molar-refractivity contribution in [2.75, 3.05) is 5.32 Å². The lowest BCUT2D eigenvalue weighted by Gasteiger charge is -2.07. The van der Waals surface area contributed by atoms with Crippen molar-refractivity contribution < 1.29 is 9.72 Å². The summed E-state index contributed by atoms with van der Waals surface area (Å²) in [5, 5.41) is 15.7. The van der Waals surface area contributed by atoms with Crippen LogP contribution in [0.1, 0.15) is 10.4 Å². The van der Waals surface area contributed by atoms with E-state index in [9.17, 15) is 14.9 Å². The molecule has 3 aromatic heterocycles. The van der Waals surface area contributed by atoms with Crippen molar-refractivity contribution in [2.45, 2.75) is 0 Å². The zero-order valence-electron chi connectivity index (χ0n) is 13.3. The Balaban J connectivity index is 1.77. The highest BCUT2D eigenvalue weighted by atomic mass is 32.1. The van der Waals surface area contributed by atoms with Gasteiger partial charge in [-0.15, -0.1) is 11.3 Å². The van der Waals surface area contributed by atoms with Gasteiger partial charge in [0.1, 0.15) is 17.2 Å². The van der Waals surface area contributed by atoms with Crippen molar-refractivity contribution >= 4 is 34.4 Å². The van der Waals surface area contributed by atoms with E-state index in [1.54, 1.807) is 4.40 Å². The number of hydrogen-bond donors (Lipinski definition) is 1. The summed E-state index contributed by atoms with van der Waals surface area (Å²) >= 11 is 1.52. The number of hydrogen-bond acceptors (Lipinski definition) is 5. The van der Waals surface area contributed by atoms with Crippen LogP contribution in [0.4, 0.5) is 11.5 Å². The minimum atomic E-state index is -0.526. The van der Waals surface area contributed by atoms with Gasteiger partial charge in [0.2, 0.25) is 0 Å². The topological polar surface area (TPSA) is 89.5 Å². The second-order valence-electron chi connectivity index (χ2n) is 5.48. The van der Waals surface area contributed by atoms with Crippen LogP contribution in [-0.4, -0.2) is 20.2 Å². The van der Waals surface area contributed by atoms with Gasteiger partial charge in [-0.1, -0.05) is 18.2 Å². The van der Waals surface area contributed by atoms with Crippen molar-refractivity contribution in [1.29, 1.82) is 0 Å². The van der Waals surface area contributed by atoms with Gasteiger partial charge in [0.25, 0.3) is 11.6 Å². The van der Waals surface area contributed by atoms with E-state index in [1.165, 1.54) is 35.6 Å². The number of rotatable bonds is 4. The zero-order chi connectivity index (χ0) is 18.1. The molecule has 0 unspecified atom stereocenters. The first-order chi connectivity index (χ1) is 12.6. The smallest absolute Gasteiger partial charge is 0.270 e. The Morgan fingerprint density at radius 1 is 1.15 bits per heavy atom. The maximum Gasteiger partial charge on any atom is 0.270 e. The molecule has 0 saturated heterocycles. The van der Waals surface area contributed by atoms with Crippen LogP contribution in [0.5, 0.6) is 0 Å². The van der Waals surface area contributed by atoms with Gasteiger partial charge in [-0.2, -0.15) is 0 Å². The molecule has 26 heavy (non-hydrogen) atoms. The molecule has 7 nitrogen and oxygen atoms in total. The lowest BCUT2D eigenvalue weighted by atomic mass is 10.2. The molecule has 1 aromatic carbocycles. The number of carbonyl (C=O) groups excluding carboxylic acids is 1. The Kier molecular flexibility index (Phi) is 3.94. The molecule has 0 spiro atoms. The molecule has 8 heteroatoms. The maximum absolute atomic E-state index is 12.7. The monoisotopic (exact) mass is 364 g/mol. The molecular formula is C18H12N4O3S. The first kappa shape index (κ1) is 16.0. The number of nitrogens with one attached hydrogen (secondary N) is 1. The van der Waals surface area contributed by atoms with Gasteiger partial charge in [0.05, 0.1) is 9.80 Å². The molecule has 0 atom stereocenters. The summed E-state index contributed by atoms with van der Waals surface area (Å²) in [6.07, 6.45) is 1.81. The summed E-state index contributed by atoms with van der Waals surface area (Å²) in [6, 6.07) is 15.0. The van der Waals surface area contributed by atoms with Gasteiger partial charge in [-0.3, -0.25) is 19.3 Å². The van der Waals surface area contributed by atoms with Crippen molar-refractivity contribution in [3.05, 3.63) is 81.9 Å². The number of aromatic nitrogens is 2. The third kappa shape index (κ3) is 2.82. The highest BCUT2D eigenvalue weighted by Crippen LogP contribution is 2.32. The number of amides is 1. The highest BCUT2D eigenvalue weighted by molar-refractivity contribution is 7.13. The number of non-ortho nitro benzene ring substituents is 1. The Morgan fingerprint density at radius 3 is 2.81 bits per heavy atom. The van der Waals surface area contributed by atoms with E-state index in [4.69, 9.17) is 0 Å². The SMILES string of the molecule is O=C(Nc1c(-c2cccs2)nc2ccccn12)c1cccc([N+](=O)[O-])c1. The average Bonchev–Trinajstić information content (AvgIpc) is 3.30. The van der Waals surface area contributed by atoms with Crippen molar-refractivity contribution in [3.8, 4) is 10.6 Å². The number of anilines is 1. The van der Waals surface area contributed by atoms with Crippen LogP contribution < -0.4 is 5.32 Å². The molecule has 0 aliphatic rings. The number of pyridine rings is 1. The zero-order valence-corrected chi connectivity index (χ0v) is 14.1. The summed E-state index contributed by atoms with van der Waals surface area (Å²) in [7, 11) is 0. The van der Waals surface area contributed by atoms with Crippen LogP contribution in [0.2, 0.25) is 0 Å². The van der Waals surface area contributed by atoms with Crippen molar-refractivity contribution in [2.24, 2.45) is 0 Å². The number of thiophene rings is 1. The predicted octanol–water partition coefficient (Wildman–Crippen LogP) is 4.22. The normalized spacial score (nSPS) is 10.8. The van der Waals surface area contributed by atoms with Crippen LogP contribution in [0.3, 0.4) is 0 Å². The largest absolute Gasteiger partial charge is 0.306 e. The fraction of sp³-hybridized carbons (Fsp3) is 0. The Bertz CT molecular complexity index is 1120. The summed E-state index contributed by atoms with van der Waals surface area (Å²) in [6.45, 7) is 0. The second-order valence-corrected chi connectivity index (χ2v) is 6.42. The van der Waals surface area contributed by atoms with Gasteiger partial charge >= 0.3 is 0 Å². The fourth-order valence-electron chi connectivity index (χ4n) is 2.64. The van der Waals surface area contributed by atoms with Gasteiger partial charge in [-0.25, -0.2) is 4.98 Å². The summed E-state index contributed by atoms with van der Waals surface area (Å²) < 4.78 is 1.78. The van der Waals surface area contributed by atoms with Crippen LogP contribution in [0.25, 0.3) is 16.2 Å². The molecule has 0 aliphatic heterocycles. The Labute approximate surface area is 151 Å². The Morgan fingerprint density at radius 2 is 2.04 bits per heavy atom. The van der Waals surface area contributed by atoms with E-state index in [2.05, 4.69) is 10.3 Å². The molecule has 0 bridgehead atoms. The third-order valence-corrected chi connectivity index (χ3v) is 4.71. The number of nitrogens with zero attached hydrogens (tertiary/aromatic N) is 3. The van der Waals surface area contributed by atoms with E-state index in [0.717, 1.165) is 4.88 Å². The molecule has 0 aliphatic carbocycles. The van der Waals surface area contributed by atoms with Crippen LogP contribution >= 0.6 is 11.3 Å². The van der Waals surface area contributed by atoms with E-state index in [1.807, 2.05) is 41.9 Å². The number of imidazole rings is 1. The quantitative estimate of drug-likeness (QED) is 0.433. The molecule has 3 heterocycles. The van der Waals surface area contributed by atoms with Crippen LogP contribution in [-0.2, 0) is 0 Å². The van der Waals surface area contributed by atoms with Gasteiger partial charge < -0.3 is 5.32 Å².